The van der Waals surface area contributed by atoms with Gasteiger partial charge in [-0.15, -0.1) is 0 Å². The maximum Gasteiger partial charge on any atom is 0.387 e. The molecule has 3 N–H and O–H groups in total. The molecule has 0 aliphatic rings. The van der Waals surface area contributed by atoms with E-state index in [2.05, 4.69) is 25.3 Å². The molecule has 0 radical (unpaired) electrons. The van der Waals surface area contributed by atoms with Crippen molar-refractivity contribution in [2.24, 2.45) is 4.99 Å². The van der Waals surface area contributed by atoms with E-state index >= 15 is 0 Å². The van der Waals surface area contributed by atoms with Crippen molar-refractivity contribution in [1.29, 1.82) is 0 Å². The van der Waals surface area contributed by atoms with Crippen LogP contribution in [0.4, 0.5) is 13.2 Å². The second-order valence-corrected chi connectivity index (χ2v) is 6.09. The number of hydrogen-bond donors (Lipinski definition) is 3. The van der Waals surface area contributed by atoms with E-state index in [1.54, 1.807) is 31.3 Å². The minimum absolute atomic E-state index is 0.131. The summed E-state index contributed by atoms with van der Waals surface area (Å²) in [5.41, 5.74) is 2.42. The van der Waals surface area contributed by atoms with E-state index in [-0.39, 0.29) is 18.1 Å². The maximum atomic E-state index is 13.3. The molecule has 8 heteroatoms. The molecule has 0 atom stereocenters. The molecule has 0 aliphatic carbocycles. The average Bonchev–Trinajstić information content (AvgIpc) is 3.07. The summed E-state index contributed by atoms with van der Waals surface area (Å²) in [6, 6.07) is 11.3. The molecule has 0 amide bonds. The first kappa shape index (κ1) is 19.6. The fourth-order valence-corrected chi connectivity index (χ4v) is 2.94. The predicted octanol–water partition coefficient (Wildman–Crippen LogP) is 3.82. The van der Waals surface area contributed by atoms with Gasteiger partial charge in [-0.1, -0.05) is 18.2 Å². The predicted molar refractivity (Wildman–Crippen MR) is 103 cm³/mol. The Balaban J connectivity index is 1.54. The van der Waals surface area contributed by atoms with Crippen LogP contribution >= 0.6 is 0 Å². The van der Waals surface area contributed by atoms with Crippen molar-refractivity contribution in [1.82, 2.24) is 15.6 Å². The summed E-state index contributed by atoms with van der Waals surface area (Å²) in [7, 11) is 1.63. The van der Waals surface area contributed by atoms with Crippen LogP contribution in [0, 0.1) is 5.82 Å². The number of aliphatic imine (C=N–C) groups is 1. The van der Waals surface area contributed by atoms with Crippen LogP contribution in [0.25, 0.3) is 10.9 Å². The minimum Gasteiger partial charge on any atom is -0.434 e. The first-order chi connectivity index (χ1) is 13.6. The van der Waals surface area contributed by atoms with Crippen molar-refractivity contribution in [3.05, 3.63) is 65.6 Å². The number of hydrogen-bond acceptors (Lipinski definition) is 2. The highest BCUT2D eigenvalue weighted by Crippen LogP contribution is 2.20. The molecule has 3 rings (SSSR count). The molecule has 0 saturated carbocycles. The Kier molecular flexibility index (Phi) is 6.41. The standard InChI is InChI=1S/C20H21F3N4O/c1-24-20(27-12-14-4-2-3-5-18(14)28-19(22)23)25-9-8-13-11-26-17-10-15(21)6-7-16(13)17/h2-7,10-11,19,26H,8-9,12H2,1H3,(H2,24,25,27). The van der Waals surface area contributed by atoms with Gasteiger partial charge in [0.05, 0.1) is 0 Å². The van der Waals surface area contributed by atoms with E-state index in [0.717, 1.165) is 16.5 Å². The van der Waals surface area contributed by atoms with Gasteiger partial charge in [-0.25, -0.2) is 4.39 Å². The van der Waals surface area contributed by atoms with Gasteiger partial charge in [0.1, 0.15) is 11.6 Å². The molecule has 5 nitrogen and oxygen atoms in total. The van der Waals surface area contributed by atoms with Crippen molar-refractivity contribution in [3.8, 4) is 5.75 Å². The molecule has 0 fully saturated rings. The number of ether oxygens (including phenoxy) is 1. The lowest BCUT2D eigenvalue weighted by molar-refractivity contribution is -0.0504. The lowest BCUT2D eigenvalue weighted by atomic mass is 10.1. The molecule has 1 heterocycles. The van der Waals surface area contributed by atoms with Crippen molar-refractivity contribution < 1.29 is 17.9 Å². The van der Waals surface area contributed by atoms with Crippen molar-refractivity contribution in [2.75, 3.05) is 13.6 Å². The zero-order valence-electron chi connectivity index (χ0n) is 15.3. The van der Waals surface area contributed by atoms with Gasteiger partial charge in [-0.2, -0.15) is 8.78 Å². The second-order valence-electron chi connectivity index (χ2n) is 6.09. The third-order valence-corrected chi connectivity index (χ3v) is 4.27. The van der Waals surface area contributed by atoms with Crippen LogP contribution < -0.4 is 15.4 Å². The Morgan fingerprint density at radius 1 is 1.14 bits per heavy atom. The number of rotatable bonds is 7. The summed E-state index contributed by atoms with van der Waals surface area (Å²) in [6.45, 7) is -1.99. The van der Waals surface area contributed by atoms with Gasteiger partial charge < -0.3 is 20.4 Å². The Hall–Kier alpha value is -3.16. The number of alkyl halides is 2. The number of fused-ring (bicyclic) bond motifs is 1. The third-order valence-electron chi connectivity index (χ3n) is 4.27. The zero-order valence-corrected chi connectivity index (χ0v) is 15.3. The number of aromatic amines is 1. The number of guanidine groups is 1. The van der Waals surface area contributed by atoms with E-state index in [0.29, 0.717) is 24.5 Å². The summed E-state index contributed by atoms with van der Waals surface area (Å²) in [6.07, 6.45) is 2.57. The van der Waals surface area contributed by atoms with Crippen LogP contribution in [0.5, 0.6) is 5.75 Å². The summed E-state index contributed by atoms with van der Waals surface area (Å²) in [5.74, 6) is 0.393. The number of halogens is 3. The molecule has 28 heavy (non-hydrogen) atoms. The van der Waals surface area contributed by atoms with Gasteiger partial charge >= 0.3 is 6.61 Å². The normalized spacial score (nSPS) is 11.8. The van der Waals surface area contributed by atoms with Crippen LogP contribution in [0.2, 0.25) is 0 Å². The largest absolute Gasteiger partial charge is 0.434 e. The summed E-state index contributed by atoms with van der Waals surface area (Å²) < 4.78 is 42.8. The molecule has 0 spiro atoms. The highest BCUT2D eigenvalue weighted by Gasteiger charge is 2.10. The monoisotopic (exact) mass is 390 g/mol. The van der Waals surface area contributed by atoms with Crippen LogP contribution in [-0.2, 0) is 13.0 Å². The number of H-pyrrole nitrogens is 1. The Morgan fingerprint density at radius 3 is 2.75 bits per heavy atom. The van der Waals surface area contributed by atoms with E-state index in [1.165, 1.54) is 18.2 Å². The lowest BCUT2D eigenvalue weighted by Gasteiger charge is -2.14. The maximum absolute atomic E-state index is 13.3. The van der Waals surface area contributed by atoms with Gasteiger partial charge in [-0.05, 0) is 36.2 Å². The highest BCUT2D eigenvalue weighted by molar-refractivity contribution is 5.83. The number of para-hydroxylation sites is 1. The molecule has 0 aliphatic heterocycles. The van der Waals surface area contributed by atoms with Crippen molar-refractivity contribution >= 4 is 16.9 Å². The SMILES string of the molecule is CN=C(NCCc1c[nH]c2cc(F)ccc12)NCc1ccccc1OC(F)F. The minimum atomic E-state index is -2.87. The fourth-order valence-electron chi connectivity index (χ4n) is 2.94. The molecular weight excluding hydrogens is 369 g/mol. The van der Waals surface area contributed by atoms with E-state index < -0.39 is 6.61 Å². The quantitative estimate of drug-likeness (QED) is 0.425. The topological polar surface area (TPSA) is 61.4 Å². The summed E-state index contributed by atoms with van der Waals surface area (Å²) >= 11 is 0. The van der Waals surface area contributed by atoms with Gasteiger partial charge in [0, 0.05) is 42.8 Å². The highest BCUT2D eigenvalue weighted by atomic mass is 19.3. The van der Waals surface area contributed by atoms with Crippen LogP contribution in [0.3, 0.4) is 0 Å². The molecule has 1 aromatic heterocycles. The van der Waals surface area contributed by atoms with Crippen molar-refractivity contribution in [2.45, 2.75) is 19.6 Å². The van der Waals surface area contributed by atoms with E-state index in [9.17, 15) is 13.2 Å². The van der Waals surface area contributed by atoms with Gasteiger partial charge in [0.25, 0.3) is 0 Å². The molecule has 3 aromatic rings. The first-order valence-corrected chi connectivity index (χ1v) is 8.79. The molecule has 0 saturated heterocycles. The molecule has 0 bridgehead atoms. The fraction of sp³-hybridized carbons (Fsp3) is 0.250. The number of benzene rings is 2. The van der Waals surface area contributed by atoms with E-state index in [1.807, 2.05) is 6.20 Å². The average molecular weight is 390 g/mol. The molecular formula is C20H21F3N4O. The Bertz CT molecular complexity index is 956. The summed E-state index contributed by atoms with van der Waals surface area (Å²) in [4.78, 5) is 7.20. The number of nitrogens with one attached hydrogen (secondary N) is 3. The van der Waals surface area contributed by atoms with Gasteiger partial charge in [0.15, 0.2) is 5.96 Å². The van der Waals surface area contributed by atoms with Crippen LogP contribution in [0.15, 0.2) is 53.7 Å². The lowest BCUT2D eigenvalue weighted by Crippen LogP contribution is -2.37. The molecule has 0 unspecified atom stereocenters. The van der Waals surface area contributed by atoms with Gasteiger partial charge in [0.2, 0.25) is 0 Å². The third kappa shape index (κ3) is 4.97. The van der Waals surface area contributed by atoms with Crippen molar-refractivity contribution in [3.63, 3.8) is 0 Å². The summed E-state index contributed by atoms with van der Waals surface area (Å²) in [5, 5.41) is 7.23. The molecule has 148 valence electrons. The Morgan fingerprint density at radius 2 is 1.96 bits per heavy atom. The zero-order chi connectivity index (χ0) is 19.9. The van der Waals surface area contributed by atoms with Crippen LogP contribution in [0.1, 0.15) is 11.1 Å². The first-order valence-electron chi connectivity index (χ1n) is 8.79. The Labute approximate surface area is 160 Å². The smallest absolute Gasteiger partial charge is 0.387 e. The molecule has 2 aromatic carbocycles. The number of aromatic nitrogens is 1. The second kappa shape index (κ2) is 9.16. The van der Waals surface area contributed by atoms with Crippen LogP contribution in [-0.4, -0.2) is 31.1 Å². The van der Waals surface area contributed by atoms with E-state index in [4.69, 9.17) is 0 Å². The van der Waals surface area contributed by atoms with Gasteiger partial charge in [-0.3, -0.25) is 4.99 Å². The number of nitrogens with zero attached hydrogens (tertiary/aromatic N) is 1.